The van der Waals surface area contributed by atoms with Crippen LogP contribution in [0.25, 0.3) is 0 Å². The molecule has 0 rings (SSSR count). The number of rotatable bonds is 1. The first-order valence-electron chi connectivity index (χ1n) is 2.43. The first-order chi connectivity index (χ1) is 5.13. The van der Waals surface area contributed by atoms with Gasteiger partial charge in [0.1, 0.15) is 0 Å². The third-order valence-electron chi connectivity index (χ3n) is 0.598. The molecule has 0 atom stereocenters. The van der Waals surface area contributed by atoms with Gasteiger partial charge in [-0.05, 0) is 0 Å². The van der Waals surface area contributed by atoms with E-state index < -0.39 is 24.9 Å². The molecule has 0 aliphatic rings. The van der Waals surface area contributed by atoms with E-state index in [1.54, 1.807) is 0 Å². The second kappa shape index (κ2) is 3.20. The van der Waals surface area contributed by atoms with Crippen LogP contribution in [-0.4, -0.2) is 24.9 Å². The summed E-state index contributed by atoms with van der Waals surface area (Å²) in [5.74, 6) is -2.85. The van der Waals surface area contributed by atoms with Crippen LogP contribution >= 0.6 is 0 Å². The number of carbonyl (C=O) groups excluding carboxylic acids is 1. The zero-order valence-corrected chi connectivity index (χ0v) is 5.29. The molecule has 0 bridgehead atoms. The summed E-state index contributed by atoms with van der Waals surface area (Å²) in [6, 6.07) is 0. The highest BCUT2D eigenvalue weighted by Gasteiger charge is 2.43. The largest absolute Gasteiger partial charge is 0.490 e. The molecule has 0 aromatic rings. The average molecular weight is 196 g/mol. The van der Waals surface area contributed by atoms with Gasteiger partial charge < -0.3 is 4.74 Å². The summed E-state index contributed by atoms with van der Waals surface area (Å²) in [6.45, 7) is -2.23. The predicted molar refractivity (Wildman–Crippen MR) is 23.1 cm³/mol. The van der Waals surface area contributed by atoms with Gasteiger partial charge in [0.25, 0.3) is 0 Å². The summed E-state index contributed by atoms with van der Waals surface area (Å²) in [5, 5.41) is 0. The van der Waals surface area contributed by atoms with E-state index in [9.17, 15) is 31.1 Å². The Balaban J connectivity index is 3.90. The molecule has 0 N–H and O–H groups in total. The van der Waals surface area contributed by atoms with Crippen LogP contribution in [0.5, 0.6) is 0 Å². The molecule has 0 heterocycles. The van der Waals surface area contributed by atoms with Crippen LogP contribution in [0.4, 0.5) is 26.3 Å². The third-order valence-corrected chi connectivity index (χ3v) is 0.598. The lowest BCUT2D eigenvalue weighted by Gasteiger charge is -2.08. The molecule has 12 heavy (non-hydrogen) atoms. The number of carbonyl (C=O) groups is 1. The number of hydrogen-bond acceptors (Lipinski definition) is 2. The first-order valence-corrected chi connectivity index (χ1v) is 2.43. The van der Waals surface area contributed by atoms with Gasteiger partial charge in [0.15, 0.2) is 6.61 Å². The monoisotopic (exact) mass is 196 g/mol. The molecule has 2 nitrogen and oxygen atoms in total. The molecular formula is C4H2F6O2. The van der Waals surface area contributed by atoms with Crippen LogP contribution in [0, 0.1) is 0 Å². The van der Waals surface area contributed by atoms with Gasteiger partial charge in [0.05, 0.1) is 0 Å². The van der Waals surface area contributed by atoms with Gasteiger partial charge in [-0.3, -0.25) is 0 Å². The minimum Gasteiger partial charge on any atom is -0.449 e. The normalized spacial score (nSPS) is 12.8. The van der Waals surface area contributed by atoms with E-state index in [1.165, 1.54) is 0 Å². The fraction of sp³-hybridized carbons (Fsp3) is 0.750. The summed E-state index contributed by atoms with van der Waals surface area (Å²) < 4.78 is 69.9. The number of hydrogen-bond donors (Lipinski definition) is 0. The molecule has 0 aliphatic heterocycles. The summed E-state index contributed by atoms with van der Waals surface area (Å²) >= 11 is 0. The van der Waals surface area contributed by atoms with Crippen LogP contribution in [0.15, 0.2) is 0 Å². The van der Waals surface area contributed by atoms with Crippen molar-refractivity contribution in [2.45, 2.75) is 12.4 Å². The van der Waals surface area contributed by atoms with Crippen molar-refractivity contribution in [3.63, 3.8) is 0 Å². The number of esters is 1. The van der Waals surface area contributed by atoms with Gasteiger partial charge in [-0.25, -0.2) is 4.79 Å². The molecule has 0 unspecified atom stereocenters. The van der Waals surface area contributed by atoms with E-state index in [-0.39, 0.29) is 0 Å². The molecule has 0 aromatic carbocycles. The van der Waals surface area contributed by atoms with Gasteiger partial charge in [0.2, 0.25) is 0 Å². The van der Waals surface area contributed by atoms with Crippen molar-refractivity contribution >= 4 is 5.97 Å². The lowest BCUT2D eigenvalue weighted by Crippen LogP contribution is -2.29. The second-order valence-electron chi connectivity index (χ2n) is 1.69. The minimum atomic E-state index is -5.38. The molecule has 0 saturated carbocycles. The summed E-state index contributed by atoms with van der Waals surface area (Å²) in [6.07, 6.45) is -10.3. The third kappa shape index (κ3) is 4.80. The Morgan fingerprint density at radius 3 is 1.75 bits per heavy atom. The Morgan fingerprint density at radius 2 is 1.50 bits per heavy atom. The molecule has 72 valence electrons. The molecule has 0 aliphatic carbocycles. The highest BCUT2D eigenvalue weighted by molar-refractivity contribution is 5.75. The van der Waals surface area contributed by atoms with E-state index in [2.05, 4.69) is 4.74 Å². The maximum atomic E-state index is 11.2. The lowest BCUT2D eigenvalue weighted by molar-refractivity contribution is -0.221. The zero-order valence-electron chi connectivity index (χ0n) is 5.29. The minimum absolute atomic E-state index is 2.23. The van der Waals surface area contributed by atoms with Gasteiger partial charge in [-0.1, -0.05) is 0 Å². The molecule has 0 saturated heterocycles. The summed E-state index contributed by atoms with van der Waals surface area (Å²) in [5.41, 5.74) is 0. The van der Waals surface area contributed by atoms with Crippen LogP contribution in [0.3, 0.4) is 0 Å². The molecule has 0 aromatic heterocycles. The van der Waals surface area contributed by atoms with E-state index in [4.69, 9.17) is 0 Å². The second-order valence-corrected chi connectivity index (χ2v) is 1.69. The molecule has 0 radical (unpaired) electrons. The number of ether oxygens (including phenoxy) is 1. The average Bonchev–Trinajstić information content (AvgIpc) is 1.78. The van der Waals surface area contributed by atoms with Gasteiger partial charge in [-0.15, -0.1) is 0 Å². The fourth-order valence-electron chi connectivity index (χ4n) is 0.229. The van der Waals surface area contributed by atoms with E-state index in [0.717, 1.165) is 0 Å². The Morgan fingerprint density at radius 1 is 1.08 bits per heavy atom. The maximum absolute atomic E-state index is 11.2. The lowest BCUT2D eigenvalue weighted by atomic mass is 10.6. The highest BCUT2D eigenvalue weighted by Crippen LogP contribution is 2.20. The summed E-state index contributed by atoms with van der Waals surface area (Å²) in [7, 11) is 0. The van der Waals surface area contributed by atoms with Crippen molar-refractivity contribution in [2.24, 2.45) is 0 Å². The molecular weight excluding hydrogens is 194 g/mol. The van der Waals surface area contributed by atoms with Crippen molar-refractivity contribution in [1.29, 1.82) is 0 Å². The van der Waals surface area contributed by atoms with Crippen molar-refractivity contribution in [3.05, 3.63) is 0 Å². The molecule has 0 spiro atoms. The molecule has 0 amide bonds. The van der Waals surface area contributed by atoms with Crippen LogP contribution in [-0.2, 0) is 9.53 Å². The maximum Gasteiger partial charge on any atom is 0.490 e. The van der Waals surface area contributed by atoms with Crippen molar-refractivity contribution in [1.82, 2.24) is 0 Å². The van der Waals surface area contributed by atoms with Gasteiger partial charge in [0, 0.05) is 0 Å². The van der Waals surface area contributed by atoms with Gasteiger partial charge in [-0.2, -0.15) is 26.3 Å². The number of halogens is 6. The van der Waals surface area contributed by atoms with E-state index in [0.29, 0.717) is 0 Å². The topological polar surface area (TPSA) is 26.3 Å². The molecule has 8 heteroatoms. The van der Waals surface area contributed by atoms with Gasteiger partial charge >= 0.3 is 18.3 Å². The van der Waals surface area contributed by atoms with E-state index in [1.807, 2.05) is 0 Å². The number of alkyl halides is 6. The van der Waals surface area contributed by atoms with Crippen molar-refractivity contribution in [2.75, 3.05) is 6.61 Å². The van der Waals surface area contributed by atoms with Crippen LogP contribution < -0.4 is 0 Å². The van der Waals surface area contributed by atoms with Crippen molar-refractivity contribution in [3.8, 4) is 0 Å². The van der Waals surface area contributed by atoms with Crippen LogP contribution in [0.2, 0.25) is 0 Å². The highest BCUT2D eigenvalue weighted by atomic mass is 19.4. The van der Waals surface area contributed by atoms with Crippen molar-refractivity contribution < 1.29 is 35.9 Å². The smallest absolute Gasteiger partial charge is 0.449 e. The first kappa shape index (κ1) is 11.0. The zero-order chi connectivity index (χ0) is 9.99. The fourth-order valence-corrected chi connectivity index (χ4v) is 0.229. The Hall–Kier alpha value is -0.950. The quantitative estimate of drug-likeness (QED) is 0.470. The standard InChI is InChI=1S/C4H2F6O2/c5-3(6,7)1-12-2(11)4(8,9)10/h1H2. The Kier molecular flexibility index (Phi) is 2.94. The Labute approximate surface area is 62.1 Å². The van der Waals surface area contributed by atoms with E-state index >= 15 is 0 Å². The SMILES string of the molecule is O=C(OCC(F)(F)F)C(F)(F)F. The predicted octanol–water partition coefficient (Wildman–Crippen LogP) is 1.65. The Bertz CT molecular complexity index is 167. The molecule has 0 fully saturated rings. The summed E-state index contributed by atoms with van der Waals surface area (Å²) in [4.78, 5) is 9.66. The van der Waals surface area contributed by atoms with Crippen LogP contribution in [0.1, 0.15) is 0 Å².